The van der Waals surface area contributed by atoms with Crippen LogP contribution < -0.4 is 0 Å². The summed E-state index contributed by atoms with van der Waals surface area (Å²) in [6, 6.07) is 9.74. The van der Waals surface area contributed by atoms with Gasteiger partial charge in [-0.1, -0.05) is 43.4 Å². The molecule has 0 saturated carbocycles. The van der Waals surface area contributed by atoms with Gasteiger partial charge in [-0.05, 0) is 43.4 Å². The number of hydrogen-bond donors (Lipinski definition) is 0. The van der Waals surface area contributed by atoms with Crippen LogP contribution in [0.3, 0.4) is 0 Å². The van der Waals surface area contributed by atoms with Crippen molar-refractivity contribution in [3.05, 3.63) is 47.9 Å². The molecule has 1 fully saturated rings. The highest BCUT2D eigenvalue weighted by Gasteiger charge is 2.24. The molecule has 0 aliphatic carbocycles. The summed E-state index contributed by atoms with van der Waals surface area (Å²) in [6.07, 6.45) is 6.02. The largest absolute Gasteiger partial charge is 0.381 e. The molecule has 1 aliphatic heterocycles. The summed E-state index contributed by atoms with van der Waals surface area (Å²) in [6.45, 7) is 12.2. The van der Waals surface area contributed by atoms with Crippen molar-refractivity contribution in [2.45, 2.75) is 58.1 Å². The van der Waals surface area contributed by atoms with E-state index in [1.165, 1.54) is 22.6 Å². The molecule has 0 atom stereocenters. The highest BCUT2D eigenvalue weighted by atomic mass is 28.3. The molecule has 160 valence electrons. The van der Waals surface area contributed by atoms with Crippen LogP contribution in [0.2, 0.25) is 25.7 Å². The number of aromatic nitrogens is 3. The first-order chi connectivity index (χ1) is 14.4. The molecular formula is C24H33N3O2Si. The summed E-state index contributed by atoms with van der Waals surface area (Å²) >= 11 is 0. The molecule has 4 rings (SSSR count). The van der Waals surface area contributed by atoms with Crippen molar-refractivity contribution in [3.8, 4) is 11.3 Å². The van der Waals surface area contributed by atoms with Crippen LogP contribution in [-0.2, 0) is 16.2 Å². The normalized spacial score (nSPS) is 15.7. The Hall–Kier alpha value is -2.02. The minimum Gasteiger partial charge on any atom is -0.381 e. The Labute approximate surface area is 180 Å². The second-order valence-electron chi connectivity index (χ2n) is 9.58. The van der Waals surface area contributed by atoms with Gasteiger partial charge in [0.25, 0.3) is 0 Å². The zero-order valence-electron chi connectivity index (χ0n) is 18.6. The predicted octanol–water partition coefficient (Wildman–Crippen LogP) is 5.61. The third-order valence-corrected chi connectivity index (χ3v) is 7.57. The van der Waals surface area contributed by atoms with Gasteiger partial charge < -0.3 is 14.0 Å². The van der Waals surface area contributed by atoms with Crippen LogP contribution in [0, 0.1) is 6.92 Å². The molecule has 1 aromatic carbocycles. The molecule has 3 aromatic rings. The smallest absolute Gasteiger partial charge is 0.146 e. The summed E-state index contributed by atoms with van der Waals surface area (Å²) in [5, 5.41) is 1.17. The Morgan fingerprint density at radius 1 is 1.17 bits per heavy atom. The van der Waals surface area contributed by atoms with Crippen molar-refractivity contribution in [1.82, 2.24) is 14.5 Å². The molecule has 5 nitrogen and oxygen atoms in total. The lowest BCUT2D eigenvalue weighted by Crippen LogP contribution is -2.22. The van der Waals surface area contributed by atoms with Crippen LogP contribution in [0.1, 0.15) is 29.9 Å². The third kappa shape index (κ3) is 4.82. The Morgan fingerprint density at radius 2 is 1.97 bits per heavy atom. The average Bonchev–Trinajstić information content (AvgIpc) is 3.10. The maximum atomic E-state index is 6.08. The van der Waals surface area contributed by atoms with Crippen molar-refractivity contribution in [3.63, 3.8) is 0 Å². The lowest BCUT2D eigenvalue weighted by atomic mass is 9.90. The summed E-state index contributed by atoms with van der Waals surface area (Å²) in [5.41, 5.74) is 5.70. The van der Waals surface area contributed by atoms with Gasteiger partial charge in [0.05, 0.1) is 5.69 Å². The second kappa shape index (κ2) is 9.00. The Balaban J connectivity index is 1.73. The van der Waals surface area contributed by atoms with Crippen molar-refractivity contribution >= 4 is 19.1 Å². The number of benzene rings is 1. The first kappa shape index (κ1) is 21.2. The van der Waals surface area contributed by atoms with Gasteiger partial charge in [0.15, 0.2) is 0 Å². The van der Waals surface area contributed by atoms with Crippen LogP contribution in [0.15, 0.2) is 36.8 Å². The zero-order valence-corrected chi connectivity index (χ0v) is 19.6. The average molecular weight is 424 g/mol. The summed E-state index contributed by atoms with van der Waals surface area (Å²) in [7, 11) is -1.10. The fourth-order valence-corrected chi connectivity index (χ4v) is 4.88. The van der Waals surface area contributed by atoms with E-state index in [2.05, 4.69) is 66.6 Å². The van der Waals surface area contributed by atoms with E-state index in [1.54, 1.807) is 6.33 Å². The first-order valence-corrected chi connectivity index (χ1v) is 14.7. The topological polar surface area (TPSA) is 49.2 Å². The number of ether oxygens (including phenoxy) is 2. The minimum absolute atomic E-state index is 0.471. The number of rotatable bonds is 7. The monoisotopic (exact) mass is 423 g/mol. The van der Waals surface area contributed by atoms with Gasteiger partial charge in [0.2, 0.25) is 0 Å². The van der Waals surface area contributed by atoms with Crippen LogP contribution in [0.25, 0.3) is 22.3 Å². The quantitative estimate of drug-likeness (QED) is 0.366. The zero-order chi connectivity index (χ0) is 21.1. The molecule has 0 bridgehead atoms. The Morgan fingerprint density at radius 3 is 2.70 bits per heavy atom. The molecule has 0 N–H and O–H groups in total. The molecular weight excluding hydrogens is 390 g/mol. The fourth-order valence-electron chi connectivity index (χ4n) is 4.12. The van der Waals surface area contributed by atoms with Crippen LogP contribution in [-0.4, -0.2) is 42.4 Å². The molecule has 3 heterocycles. The van der Waals surface area contributed by atoms with Crippen molar-refractivity contribution < 1.29 is 9.47 Å². The predicted molar refractivity (Wildman–Crippen MR) is 125 cm³/mol. The lowest BCUT2D eigenvalue weighted by Gasteiger charge is -2.22. The van der Waals surface area contributed by atoms with E-state index in [1.807, 2.05) is 0 Å². The second-order valence-corrected chi connectivity index (χ2v) is 15.2. The molecule has 6 heteroatoms. The molecule has 2 aromatic heterocycles. The number of fused-ring (bicyclic) bond motifs is 1. The van der Waals surface area contributed by atoms with Crippen molar-refractivity contribution in [2.75, 3.05) is 19.8 Å². The SMILES string of the molecule is Cc1cccc(-c2ncnc3c2c(C2CCOCC2)cn3COCC[Si](C)(C)C)c1. The van der Waals surface area contributed by atoms with Gasteiger partial charge in [-0.3, -0.25) is 0 Å². The van der Waals surface area contributed by atoms with E-state index >= 15 is 0 Å². The molecule has 0 spiro atoms. The van der Waals surface area contributed by atoms with Gasteiger partial charge in [-0.15, -0.1) is 0 Å². The minimum atomic E-state index is -1.10. The molecule has 0 radical (unpaired) electrons. The van der Waals surface area contributed by atoms with E-state index in [-0.39, 0.29) is 0 Å². The molecule has 0 amide bonds. The number of aryl methyl sites for hydroxylation is 1. The van der Waals surface area contributed by atoms with Crippen molar-refractivity contribution in [2.24, 2.45) is 0 Å². The van der Waals surface area contributed by atoms with Gasteiger partial charge in [0.1, 0.15) is 18.7 Å². The lowest BCUT2D eigenvalue weighted by molar-refractivity contribution is 0.0840. The Bertz CT molecular complexity index is 1000. The number of hydrogen-bond acceptors (Lipinski definition) is 4. The van der Waals surface area contributed by atoms with Crippen LogP contribution in [0.4, 0.5) is 0 Å². The maximum Gasteiger partial charge on any atom is 0.146 e. The standard InChI is InChI=1S/C24H33N3O2Si/c1-18-6-5-7-20(14-18)23-22-21(19-8-10-28-11-9-19)15-27(24(22)26-16-25-23)17-29-12-13-30(2,3)4/h5-7,14-16,19H,8-13,17H2,1-4H3. The van der Waals surface area contributed by atoms with E-state index in [0.717, 1.165) is 49.6 Å². The van der Waals surface area contributed by atoms with E-state index in [9.17, 15) is 0 Å². The third-order valence-electron chi connectivity index (χ3n) is 5.86. The van der Waals surface area contributed by atoms with Crippen molar-refractivity contribution in [1.29, 1.82) is 0 Å². The highest BCUT2D eigenvalue weighted by molar-refractivity contribution is 6.76. The first-order valence-electron chi connectivity index (χ1n) is 11.0. The summed E-state index contributed by atoms with van der Waals surface area (Å²) in [5.74, 6) is 0.471. The molecule has 1 aliphatic rings. The fraction of sp³-hybridized carbons (Fsp3) is 0.500. The maximum absolute atomic E-state index is 6.08. The molecule has 1 saturated heterocycles. The van der Waals surface area contributed by atoms with Crippen LogP contribution in [0.5, 0.6) is 0 Å². The summed E-state index contributed by atoms with van der Waals surface area (Å²) in [4.78, 5) is 9.41. The van der Waals surface area contributed by atoms with E-state index < -0.39 is 8.07 Å². The highest BCUT2D eigenvalue weighted by Crippen LogP contribution is 2.37. The molecule has 0 unspecified atom stereocenters. The molecule has 30 heavy (non-hydrogen) atoms. The van der Waals surface area contributed by atoms with Gasteiger partial charge >= 0.3 is 0 Å². The van der Waals surface area contributed by atoms with E-state index in [4.69, 9.17) is 14.5 Å². The number of nitrogens with zero attached hydrogens (tertiary/aromatic N) is 3. The van der Waals surface area contributed by atoms with Gasteiger partial charge in [0, 0.05) is 45.0 Å². The Kier molecular flexibility index (Phi) is 6.36. The van der Waals surface area contributed by atoms with Crippen LogP contribution >= 0.6 is 0 Å². The van der Waals surface area contributed by atoms with Gasteiger partial charge in [-0.25, -0.2) is 9.97 Å². The van der Waals surface area contributed by atoms with E-state index in [0.29, 0.717) is 12.6 Å². The summed E-state index contributed by atoms with van der Waals surface area (Å²) < 4.78 is 13.9. The van der Waals surface area contributed by atoms with Gasteiger partial charge in [-0.2, -0.15) is 0 Å².